The molecule has 0 fully saturated rings. The third kappa shape index (κ3) is 3.22. The number of nitrogens with two attached hydrogens (primary N) is 1. The van der Waals surface area contributed by atoms with Crippen LogP contribution < -0.4 is 5.73 Å². The molecule has 0 aliphatic heterocycles. The van der Waals surface area contributed by atoms with E-state index in [2.05, 4.69) is 0 Å². The predicted molar refractivity (Wildman–Crippen MR) is 71.9 cm³/mol. The molecule has 0 aliphatic rings. The van der Waals surface area contributed by atoms with Crippen LogP contribution in [0.15, 0.2) is 23.1 Å². The minimum Gasteiger partial charge on any atom is -0.398 e. The number of benzene rings is 1. The van der Waals surface area contributed by atoms with Gasteiger partial charge in [0.1, 0.15) is 0 Å². The Morgan fingerprint density at radius 3 is 2.56 bits per heavy atom. The lowest BCUT2D eigenvalue weighted by Crippen LogP contribution is -2.33. The second kappa shape index (κ2) is 6.17. The number of aryl methyl sites for hydroxylation is 1. The summed E-state index contributed by atoms with van der Waals surface area (Å²) in [6.45, 7) is 4.75. The summed E-state index contributed by atoms with van der Waals surface area (Å²) in [5, 5.41) is 0. The molecule has 0 spiro atoms. The van der Waals surface area contributed by atoms with Crippen molar-refractivity contribution in [2.24, 2.45) is 0 Å². The number of hydrogen-bond acceptors (Lipinski definition) is 4. The van der Waals surface area contributed by atoms with Crippen LogP contribution in [0.3, 0.4) is 0 Å². The van der Waals surface area contributed by atoms with Crippen LogP contribution in [-0.4, -0.2) is 39.5 Å². The SMILES string of the molecule is CCN(CCOC)S(=O)(=O)c1ccc(C)c(N)c1. The quantitative estimate of drug-likeness (QED) is 0.791. The fourth-order valence-electron chi connectivity index (χ4n) is 1.57. The summed E-state index contributed by atoms with van der Waals surface area (Å²) in [4.78, 5) is 0.226. The Bertz CT molecular complexity index is 500. The number of sulfonamides is 1. The Labute approximate surface area is 109 Å². The highest BCUT2D eigenvalue weighted by Gasteiger charge is 2.22. The topological polar surface area (TPSA) is 72.6 Å². The Morgan fingerprint density at radius 1 is 1.39 bits per heavy atom. The number of hydrogen-bond donors (Lipinski definition) is 1. The minimum atomic E-state index is -3.49. The summed E-state index contributed by atoms with van der Waals surface area (Å²) in [6, 6.07) is 4.79. The van der Waals surface area contributed by atoms with Gasteiger partial charge in [-0.1, -0.05) is 13.0 Å². The van der Waals surface area contributed by atoms with Gasteiger partial charge >= 0.3 is 0 Å². The summed E-state index contributed by atoms with van der Waals surface area (Å²) in [5.41, 5.74) is 7.11. The van der Waals surface area contributed by atoms with Gasteiger partial charge in [-0.2, -0.15) is 4.31 Å². The predicted octanol–water partition coefficient (Wildman–Crippen LogP) is 1.23. The molecule has 1 aromatic carbocycles. The number of ether oxygens (including phenoxy) is 1. The van der Waals surface area contributed by atoms with Gasteiger partial charge in [-0.05, 0) is 24.6 Å². The molecule has 6 heteroatoms. The summed E-state index contributed by atoms with van der Waals surface area (Å²) in [7, 11) is -1.94. The largest absolute Gasteiger partial charge is 0.398 e. The van der Waals surface area contributed by atoms with Gasteiger partial charge in [0.2, 0.25) is 10.0 Å². The van der Waals surface area contributed by atoms with Gasteiger partial charge in [0.05, 0.1) is 11.5 Å². The monoisotopic (exact) mass is 272 g/mol. The first-order valence-electron chi connectivity index (χ1n) is 5.78. The number of nitrogens with zero attached hydrogens (tertiary/aromatic N) is 1. The Kier molecular flexibility index (Phi) is 5.13. The van der Waals surface area contributed by atoms with Crippen molar-refractivity contribution in [2.45, 2.75) is 18.7 Å². The van der Waals surface area contributed by atoms with Crippen molar-refractivity contribution < 1.29 is 13.2 Å². The Hall–Kier alpha value is -1.11. The van der Waals surface area contributed by atoms with E-state index in [9.17, 15) is 8.42 Å². The molecule has 1 rings (SSSR count). The van der Waals surface area contributed by atoms with Crippen LogP contribution in [-0.2, 0) is 14.8 Å². The van der Waals surface area contributed by atoms with Crippen LogP contribution in [0, 0.1) is 6.92 Å². The number of likely N-dealkylation sites (N-methyl/N-ethyl adjacent to an activating group) is 1. The first-order chi connectivity index (χ1) is 8.43. The van der Waals surface area contributed by atoms with Crippen molar-refractivity contribution in [3.63, 3.8) is 0 Å². The van der Waals surface area contributed by atoms with E-state index in [1.54, 1.807) is 26.2 Å². The number of rotatable bonds is 6. The normalized spacial score (nSPS) is 12.0. The standard InChI is InChI=1S/C12H20N2O3S/c1-4-14(7-8-17-3)18(15,16)11-6-5-10(2)12(13)9-11/h5-6,9H,4,7-8,13H2,1-3H3. The third-order valence-electron chi connectivity index (χ3n) is 2.79. The van der Waals surface area contributed by atoms with E-state index in [0.717, 1.165) is 5.56 Å². The van der Waals surface area contributed by atoms with Crippen molar-refractivity contribution in [3.05, 3.63) is 23.8 Å². The van der Waals surface area contributed by atoms with Gasteiger partial charge in [0.15, 0.2) is 0 Å². The van der Waals surface area contributed by atoms with E-state index < -0.39 is 10.0 Å². The van der Waals surface area contributed by atoms with Gasteiger partial charge in [-0.3, -0.25) is 0 Å². The molecular weight excluding hydrogens is 252 g/mol. The zero-order valence-corrected chi connectivity index (χ0v) is 11.8. The highest BCUT2D eigenvalue weighted by atomic mass is 32.2. The van der Waals surface area contributed by atoms with Gasteiger partial charge in [0, 0.05) is 25.9 Å². The van der Waals surface area contributed by atoms with E-state index >= 15 is 0 Å². The summed E-state index contributed by atoms with van der Waals surface area (Å²) in [5.74, 6) is 0. The van der Waals surface area contributed by atoms with Crippen LogP contribution in [0.25, 0.3) is 0 Å². The lowest BCUT2D eigenvalue weighted by Gasteiger charge is -2.20. The molecule has 0 bridgehead atoms. The number of nitrogen functional groups attached to an aromatic ring is 1. The van der Waals surface area contributed by atoms with Crippen molar-refractivity contribution in [2.75, 3.05) is 32.5 Å². The van der Waals surface area contributed by atoms with E-state index in [1.165, 1.54) is 10.4 Å². The van der Waals surface area contributed by atoms with Crippen LogP contribution >= 0.6 is 0 Å². The molecule has 0 aliphatic carbocycles. The van der Waals surface area contributed by atoms with Gasteiger partial charge < -0.3 is 10.5 Å². The second-order valence-corrected chi connectivity index (χ2v) is 5.95. The Morgan fingerprint density at radius 2 is 2.06 bits per heavy atom. The summed E-state index contributed by atoms with van der Waals surface area (Å²) >= 11 is 0. The Balaban J connectivity index is 3.06. The lowest BCUT2D eigenvalue weighted by molar-refractivity contribution is 0.180. The maximum atomic E-state index is 12.3. The smallest absolute Gasteiger partial charge is 0.243 e. The van der Waals surface area contributed by atoms with Crippen molar-refractivity contribution in [3.8, 4) is 0 Å². The zero-order valence-electron chi connectivity index (χ0n) is 11.0. The maximum absolute atomic E-state index is 12.3. The highest BCUT2D eigenvalue weighted by Crippen LogP contribution is 2.20. The fourth-order valence-corrected chi connectivity index (χ4v) is 3.04. The molecule has 0 heterocycles. The molecule has 0 saturated heterocycles. The molecule has 102 valence electrons. The van der Waals surface area contributed by atoms with Crippen LogP contribution in [0.5, 0.6) is 0 Å². The van der Waals surface area contributed by atoms with E-state index in [4.69, 9.17) is 10.5 Å². The average molecular weight is 272 g/mol. The van der Waals surface area contributed by atoms with Crippen LogP contribution in [0.1, 0.15) is 12.5 Å². The minimum absolute atomic E-state index is 0.226. The molecule has 5 nitrogen and oxygen atoms in total. The van der Waals surface area contributed by atoms with E-state index in [-0.39, 0.29) is 4.90 Å². The van der Waals surface area contributed by atoms with Gasteiger partial charge in [-0.25, -0.2) is 8.42 Å². The molecule has 0 saturated carbocycles. The molecule has 0 unspecified atom stereocenters. The lowest BCUT2D eigenvalue weighted by atomic mass is 10.2. The zero-order chi connectivity index (χ0) is 13.8. The van der Waals surface area contributed by atoms with Crippen molar-refractivity contribution in [1.29, 1.82) is 0 Å². The summed E-state index contributed by atoms with van der Waals surface area (Å²) < 4.78 is 31.0. The second-order valence-electron chi connectivity index (χ2n) is 4.01. The molecule has 1 aromatic rings. The molecule has 0 radical (unpaired) electrons. The highest BCUT2D eigenvalue weighted by molar-refractivity contribution is 7.89. The third-order valence-corrected chi connectivity index (χ3v) is 4.76. The first-order valence-corrected chi connectivity index (χ1v) is 7.22. The molecule has 0 atom stereocenters. The van der Waals surface area contributed by atoms with Gasteiger partial charge in [0.25, 0.3) is 0 Å². The van der Waals surface area contributed by atoms with Gasteiger partial charge in [-0.15, -0.1) is 0 Å². The molecule has 0 amide bonds. The van der Waals surface area contributed by atoms with E-state index in [0.29, 0.717) is 25.4 Å². The van der Waals surface area contributed by atoms with Crippen molar-refractivity contribution >= 4 is 15.7 Å². The molecule has 2 N–H and O–H groups in total. The molecule has 0 aromatic heterocycles. The maximum Gasteiger partial charge on any atom is 0.243 e. The number of methoxy groups -OCH3 is 1. The molecular formula is C12H20N2O3S. The average Bonchev–Trinajstić information content (AvgIpc) is 2.33. The van der Waals surface area contributed by atoms with Crippen LogP contribution in [0.4, 0.5) is 5.69 Å². The van der Waals surface area contributed by atoms with Crippen molar-refractivity contribution in [1.82, 2.24) is 4.31 Å². The van der Waals surface area contributed by atoms with E-state index in [1.807, 2.05) is 6.92 Å². The first kappa shape index (κ1) is 14.9. The number of anilines is 1. The molecule has 18 heavy (non-hydrogen) atoms. The summed E-state index contributed by atoms with van der Waals surface area (Å²) in [6.07, 6.45) is 0. The fraction of sp³-hybridized carbons (Fsp3) is 0.500. The van der Waals surface area contributed by atoms with Crippen LogP contribution in [0.2, 0.25) is 0 Å².